The van der Waals surface area contributed by atoms with Gasteiger partial charge in [-0.3, -0.25) is 9.59 Å². The fourth-order valence-electron chi connectivity index (χ4n) is 6.65. The number of esters is 2. The number of rotatable bonds is 43. The van der Waals surface area contributed by atoms with Crippen LogP contribution in [0, 0.1) is 0 Å². The van der Waals surface area contributed by atoms with E-state index in [1.54, 1.807) is 21.1 Å². The first kappa shape index (κ1) is 59.2. The summed E-state index contributed by atoms with van der Waals surface area (Å²) in [6, 6.07) is -0.741. The molecule has 0 aromatic heterocycles. The van der Waals surface area contributed by atoms with Crippen LogP contribution in [0.4, 0.5) is 0 Å². The molecule has 0 heterocycles. The van der Waals surface area contributed by atoms with Gasteiger partial charge >= 0.3 is 11.9 Å². The van der Waals surface area contributed by atoms with Gasteiger partial charge in [0.25, 0.3) is 0 Å². The summed E-state index contributed by atoms with van der Waals surface area (Å²) in [7, 11) is 5.38. The number of nitrogens with zero attached hydrogens (tertiary/aromatic N) is 1. The number of carbonyl (C=O) groups excluding carboxylic acids is 3. The van der Waals surface area contributed by atoms with E-state index in [2.05, 4.69) is 111 Å². The van der Waals surface area contributed by atoms with Crippen molar-refractivity contribution in [3.8, 4) is 0 Å². The minimum Gasteiger partial charge on any atom is -0.544 e. The van der Waals surface area contributed by atoms with Gasteiger partial charge in [-0.1, -0.05) is 169 Å². The molecular weight excluding hydrogens is 787 g/mol. The maximum atomic E-state index is 12.7. The summed E-state index contributed by atoms with van der Waals surface area (Å²) in [5.41, 5.74) is 0. The van der Waals surface area contributed by atoms with E-state index >= 15 is 0 Å². The molecule has 0 aliphatic rings. The van der Waals surface area contributed by atoms with Crippen molar-refractivity contribution in [1.29, 1.82) is 0 Å². The average Bonchev–Trinajstić information content (AvgIpc) is 3.24. The Kier molecular flexibility index (Phi) is 42.2. The number of quaternary nitrogens is 1. The average molecular weight is 878 g/mol. The van der Waals surface area contributed by atoms with Gasteiger partial charge in [0.15, 0.2) is 6.10 Å². The number of carbonyl (C=O) groups is 3. The van der Waals surface area contributed by atoms with Crippen LogP contribution in [0.15, 0.2) is 97.2 Å². The van der Waals surface area contributed by atoms with Gasteiger partial charge in [-0.25, -0.2) is 0 Å². The van der Waals surface area contributed by atoms with Crippen LogP contribution in [0.1, 0.15) is 181 Å². The second-order valence-corrected chi connectivity index (χ2v) is 17.3. The summed E-state index contributed by atoms with van der Waals surface area (Å²) in [5, 5.41) is 11.7. The largest absolute Gasteiger partial charge is 0.544 e. The summed E-state index contributed by atoms with van der Waals surface area (Å²) in [5.74, 6) is -1.81. The molecule has 0 aromatic carbocycles. The van der Waals surface area contributed by atoms with Gasteiger partial charge < -0.3 is 28.6 Å². The van der Waals surface area contributed by atoms with Gasteiger partial charge in [-0.15, -0.1) is 0 Å². The molecule has 2 unspecified atom stereocenters. The van der Waals surface area contributed by atoms with Crippen LogP contribution in [0.25, 0.3) is 0 Å². The Bertz CT molecular complexity index is 1350. The second-order valence-electron chi connectivity index (χ2n) is 17.3. The molecule has 0 saturated carbocycles. The highest BCUT2D eigenvalue weighted by molar-refractivity contribution is 5.70. The first-order valence-electron chi connectivity index (χ1n) is 24.8. The van der Waals surface area contributed by atoms with Gasteiger partial charge in [0.1, 0.15) is 12.6 Å². The van der Waals surface area contributed by atoms with Crippen molar-refractivity contribution in [2.75, 3.05) is 41.0 Å². The Morgan fingerprint density at radius 3 is 1.43 bits per heavy atom. The zero-order valence-corrected chi connectivity index (χ0v) is 40.7. The lowest BCUT2D eigenvalue weighted by molar-refractivity contribution is -0.889. The Morgan fingerprint density at radius 1 is 0.508 bits per heavy atom. The van der Waals surface area contributed by atoms with Crippen LogP contribution in [0.2, 0.25) is 0 Å². The standard InChI is InChI=1S/C55H91NO7/c1-6-8-10-12-14-16-18-20-22-24-25-26-27-28-29-30-32-33-35-37-39-41-43-45-53(57)62-50-51(49-61-48-47-52(55(59)60)56(3,4)5)63-54(58)46-44-42-40-38-36-34-31-23-21-19-17-15-13-11-9-7-2/h8,10,14,16,20,22-23,25-26,28-29,31-34,36,51-52H,6-7,9,11-13,15,17-19,21,24,27,30,35,37-50H2,1-5H3/b10-8+,16-14+,22-20+,26-25+,29-28+,31-23+,33-32+,36-34+. The van der Waals surface area contributed by atoms with E-state index in [-0.39, 0.29) is 49.1 Å². The van der Waals surface area contributed by atoms with Crippen LogP contribution >= 0.6 is 0 Å². The lowest BCUT2D eigenvalue weighted by Crippen LogP contribution is -2.55. The number of hydrogen-bond acceptors (Lipinski definition) is 7. The molecule has 0 bridgehead atoms. The van der Waals surface area contributed by atoms with Crippen molar-refractivity contribution in [1.82, 2.24) is 0 Å². The van der Waals surface area contributed by atoms with E-state index in [0.717, 1.165) is 96.3 Å². The predicted octanol–water partition coefficient (Wildman–Crippen LogP) is 12.9. The molecule has 0 aliphatic heterocycles. The third kappa shape index (κ3) is 43.3. The molecule has 0 amide bonds. The van der Waals surface area contributed by atoms with Crippen LogP contribution in [-0.4, -0.2) is 75.5 Å². The van der Waals surface area contributed by atoms with Crippen molar-refractivity contribution in [3.05, 3.63) is 97.2 Å². The normalized spacial score (nSPS) is 13.7. The molecule has 0 aromatic rings. The monoisotopic (exact) mass is 878 g/mol. The lowest BCUT2D eigenvalue weighted by atomic mass is 10.1. The van der Waals surface area contributed by atoms with E-state index < -0.39 is 18.1 Å². The van der Waals surface area contributed by atoms with E-state index in [4.69, 9.17) is 14.2 Å². The predicted molar refractivity (Wildman–Crippen MR) is 263 cm³/mol. The highest BCUT2D eigenvalue weighted by atomic mass is 16.6. The van der Waals surface area contributed by atoms with E-state index in [1.807, 2.05) is 0 Å². The number of hydrogen-bond donors (Lipinski definition) is 0. The van der Waals surface area contributed by atoms with Crippen molar-refractivity contribution in [3.63, 3.8) is 0 Å². The van der Waals surface area contributed by atoms with Gasteiger partial charge in [0, 0.05) is 19.3 Å². The smallest absolute Gasteiger partial charge is 0.306 e. The third-order valence-corrected chi connectivity index (χ3v) is 10.5. The molecular formula is C55H91NO7. The molecule has 0 fully saturated rings. The Hall–Kier alpha value is -3.75. The van der Waals surface area contributed by atoms with Gasteiger partial charge in [0.05, 0.1) is 40.3 Å². The molecule has 358 valence electrons. The maximum absolute atomic E-state index is 12.7. The molecule has 0 N–H and O–H groups in total. The minimum absolute atomic E-state index is 0.0157. The van der Waals surface area contributed by atoms with Gasteiger partial charge in [-0.2, -0.15) is 0 Å². The number of allylic oxidation sites excluding steroid dienone is 16. The van der Waals surface area contributed by atoms with Crippen LogP contribution in [0.5, 0.6) is 0 Å². The molecule has 0 spiro atoms. The molecule has 0 radical (unpaired) electrons. The maximum Gasteiger partial charge on any atom is 0.306 e. The number of unbranched alkanes of at least 4 members (excludes halogenated alkanes) is 14. The number of ether oxygens (including phenoxy) is 3. The van der Waals surface area contributed by atoms with Crippen LogP contribution < -0.4 is 5.11 Å². The summed E-state index contributed by atoms with van der Waals surface area (Å²) in [6.07, 6.45) is 60.1. The zero-order valence-electron chi connectivity index (χ0n) is 40.7. The fraction of sp³-hybridized carbons (Fsp3) is 0.655. The highest BCUT2D eigenvalue weighted by Crippen LogP contribution is 2.12. The first-order valence-corrected chi connectivity index (χ1v) is 24.8. The Morgan fingerprint density at radius 2 is 0.937 bits per heavy atom. The first-order chi connectivity index (χ1) is 30.6. The van der Waals surface area contributed by atoms with Crippen molar-refractivity contribution < 1.29 is 38.2 Å². The summed E-state index contributed by atoms with van der Waals surface area (Å²) in [4.78, 5) is 37.0. The molecule has 8 heteroatoms. The zero-order chi connectivity index (χ0) is 46.3. The van der Waals surface area contributed by atoms with Crippen LogP contribution in [0.3, 0.4) is 0 Å². The van der Waals surface area contributed by atoms with Crippen LogP contribution in [-0.2, 0) is 28.6 Å². The summed E-state index contributed by atoms with van der Waals surface area (Å²) in [6.45, 7) is 4.48. The summed E-state index contributed by atoms with van der Waals surface area (Å²) < 4.78 is 17.2. The number of carboxylic acids is 1. The SMILES string of the molecule is CC/C=C/C/C=C/C/C=C/C/C=C/C/C=C/C/C=C/CCCCCCC(=O)OCC(COCCC(C(=O)[O-])[N+](C)(C)C)OC(=O)CCCCC/C=C/C=C/CCCCCCCCC. The Labute approximate surface area is 386 Å². The third-order valence-electron chi connectivity index (χ3n) is 10.5. The van der Waals surface area contributed by atoms with E-state index in [1.165, 1.54) is 44.9 Å². The van der Waals surface area contributed by atoms with E-state index in [9.17, 15) is 19.5 Å². The molecule has 2 atom stereocenters. The van der Waals surface area contributed by atoms with Gasteiger partial charge in [-0.05, 0) is 89.9 Å². The minimum atomic E-state index is -1.14. The van der Waals surface area contributed by atoms with Gasteiger partial charge in [0.2, 0.25) is 0 Å². The molecule has 0 rings (SSSR count). The van der Waals surface area contributed by atoms with Crippen molar-refractivity contribution in [2.45, 2.75) is 193 Å². The number of likely N-dealkylation sites (N-methyl/N-ethyl adjacent to an activating group) is 1. The number of carboxylic acid groups (broad SMARTS) is 1. The molecule has 0 saturated heterocycles. The molecule has 63 heavy (non-hydrogen) atoms. The molecule has 0 aliphatic carbocycles. The van der Waals surface area contributed by atoms with Crippen molar-refractivity contribution >= 4 is 17.9 Å². The van der Waals surface area contributed by atoms with E-state index in [0.29, 0.717) is 12.8 Å². The highest BCUT2D eigenvalue weighted by Gasteiger charge is 2.25. The number of aliphatic carboxylic acids is 1. The quantitative estimate of drug-likeness (QED) is 0.0198. The second kappa shape index (κ2) is 44.8. The van der Waals surface area contributed by atoms with Crippen molar-refractivity contribution in [2.24, 2.45) is 0 Å². The summed E-state index contributed by atoms with van der Waals surface area (Å²) >= 11 is 0. The molecule has 8 nitrogen and oxygen atoms in total. The Balaban J connectivity index is 4.38. The lowest BCUT2D eigenvalue weighted by Gasteiger charge is -2.34. The topological polar surface area (TPSA) is 102 Å². The fourth-order valence-corrected chi connectivity index (χ4v) is 6.65.